The minimum absolute atomic E-state index is 0.0870. The van der Waals surface area contributed by atoms with E-state index in [4.69, 9.17) is 51.6 Å². The van der Waals surface area contributed by atoms with Crippen LogP contribution in [0.2, 0.25) is 10.0 Å². The second kappa shape index (κ2) is 12.5. The van der Waals surface area contributed by atoms with Crippen molar-refractivity contribution in [1.29, 1.82) is 0 Å². The van der Waals surface area contributed by atoms with Crippen LogP contribution < -0.4 is 9.64 Å². The average Bonchev–Trinajstić information content (AvgIpc) is 3.62. The van der Waals surface area contributed by atoms with Gasteiger partial charge < -0.3 is 38.1 Å². The number of hydrogen-bond acceptors (Lipinski definition) is 11. The Bertz CT molecular complexity index is 1840. The number of benzene rings is 1. The van der Waals surface area contributed by atoms with Gasteiger partial charge in [0.15, 0.2) is 17.8 Å². The highest BCUT2D eigenvalue weighted by atomic mass is 35.5. The molecule has 2 saturated heterocycles. The van der Waals surface area contributed by atoms with Gasteiger partial charge in [0, 0.05) is 17.8 Å². The number of aliphatic hydroxyl groups is 1. The zero-order chi connectivity index (χ0) is 34.8. The molecule has 0 aliphatic carbocycles. The number of carbonyl (C=O) groups is 1. The molecule has 1 N–H and O–H groups in total. The highest BCUT2D eigenvalue weighted by Crippen LogP contribution is 2.45. The van der Waals surface area contributed by atoms with Gasteiger partial charge in [0.05, 0.1) is 21.5 Å². The van der Waals surface area contributed by atoms with E-state index in [1.807, 2.05) is 19.9 Å². The second-order valence-corrected chi connectivity index (χ2v) is 14.9. The van der Waals surface area contributed by atoms with Crippen molar-refractivity contribution in [3.63, 3.8) is 0 Å². The maximum Gasteiger partial charge on any atom is 0.420 e. The molecule has 2 aliphatic rings. The third kappa shape index (κ3) is 7.04. The van der Waals surface area contributed by atoms with Gasteiger partial charge in [-0.25, -0.2) is 19.7 Å². The quantitative estimate of drug-likeness (QED) is 0.208. The van der Waals surface area contributed by atoms with Gasteiger partial charge in [-0.05, 0) is 79.7 Å². The van der Waals surface area contributed by atoms with Gasteiger partial charge in [-0.2, -0.15) is 0 Å². The summed E-state index contributed by atoms with van der Waals surface area (Å²) in [5.74, 6) is -0.378. The summed E-state index contributed by atoms with van der Waals surface area (Å²) in [5, 5.41) is 13.2. The van der Waals surface area contributed by atoms with Crippen LogP contribution in [0.4, 0.5) is 10.6 Å². The topological polar surface area (TPSA) is 140 Å². The smallest absolute Gasteiger partial charge is 0.420 e. The first-order chi connectivity index (χ1) is 22.4. The van der Waals surface area contributed by atoms with Crippen LogP contribution in [0.25, 0.3) is 21.9 Å². The maximum absolute atomic E-state index is 13.5. The molecule has 0 saturated carbocycles. The van der Waals surface area contributed by atoms with Crippen LogP contribution in [0.1, 0.15) is 61.6 Å². The Morgan fingerprint density at radius 2 is 1.79 bits per heavy atom. The highest BCUT2D eigenvalue weighted by molar-refractivity contribution is 6.37. The van der Waals surface area contributed by atoms with E-state index in [1.54, 1.807) is 70.5 Å². The van der Waals surface area contributed by atoms with Crippen LogP contribution in [-0.2, 0) is 23.7 Å². The van der Waals surface area contributed by atoms with Crippen LogP contribution >= 0.6 is 23.2 Å². The molecule has 6 rings (SSSR count). The molecule has 5 atom stereocenters. The minimum Gasteiger partial charge on any atom is -0.489 e. The molecule has 1 amide bonds. The third-order valence-corrected chi connectivity index (χ3v) is 8.08. The van der Waals surface area contributed by atoms with Crippen LogP contribution in [0.15, 0.2) is 43.0 Å². The van der Waals surface area contributed by atoms with Crippen molar-refractivity contribution in [3.05, 3.63) is 53.0 Å². The molecule has 2 fully saturated rings. The summed E-state index contributed by atoms with van der Waals surface area (Å²) in [5.41, 5.74) is -0.671. The van der Waals surface area contributed by atoms with Crippen molar-refractivity contribution in [2.45, 2.75) is 103 Å². The van der Waals surface area contributed by atoms with Gasteiger partial charge in [0.1, 0.15) is 53.3 Å². The number of nitrogens with zero attached hydrogens (tertiary/aromatic N) is 5. The molecule has 1 aromatic carbocycles. The van der Waals surface area contributed by atoms with Gasteiger partial charge in [0.25, 0.3) is 0 Å². The molecule has 4 aromatic rings. The van der Waals surface area contributed by atoms with E-state index in [9.17, 15) is 9.90 Å². The number of anilines is 1. The lowest BCUT2D eigenvalue weighted by Gasteiger charge is -2.33. The average molecular weight is 705 g/mol. The Morgan fingerprint density at radius 3 is 2.50 bits per heavy atom. The number of aliphatic hydroxyl groups excluding tert-OH is 1. The van der Waals surface area contributed by atoms with Gasteiger partial charge in [-0.3, -0.25) is 4.98 Å². The summed E-state index contributed by atoms with van der Waals surface area (Å²) in [7, 11) is 0. The summed E-state index contributed by atoms with van der Waals surface area (Å²) >= 11 is 12.8. The normalized spacial score (nSPS) is 23.0. The van der Waals surface area contributed by atoms with E-state index in [0.29, 0.717) is 32.3 Å². The molecule has 13 nitrogen and oxygen atoms in total. The summed E-state index contributed by atoms with van der Waals surface area (Å²) in [6, 6.07) is 7.10. The summed E-state index contributed by atoms with van der Waals surface area (Å²) in [4.78, 5) is 27.7. The number of fused-ring (bicyclic) bond motifs is 3. The lowest BCUT2D eigenvalue weighted by atomic mass is 10.1. The van der Waals surface area contributed by atoms with E-state index in [2.05, 4.69) is 15.0 Å². The van der Waals surface area contributed by atoms with Crippen molar-refractivity contribution >= 4 is 57.0 Å². The van der Waals surface area contributed by atoms with E-state index in [0.717, 1.165) is 10.3 Å². The molecule has 5 heterocycles. The predicted octanol–water partition coefficient (Wildman–Crippen LogP) is 6.62. The molecule has 3 aromatic heterocycles. The van der Waals surface area contributed by atoms with E-state index >= 15 is 0 Å². The first-order valence-corrected chi connectivity index (χ1v) is 16.2. The Morgan fingerprint density at radius 1 is 1.06 bits per heavy atom. The van der Waals surface area contributed by atoms with Crippen LogP contribution in [-0.4, -0.2) is 79.0 Å². The number of amides is 1. The first kappa shape index (κ1) is 34.6. The van der Waals surface area contributed by atoms with Crippen molar-refractivity contribution in [1.82, 2.24) is 19.5 Å². The highest BCUT2D eigenvalue weighted by Gasteiger charge is 2.56. The Labute approximate surface area is 287 Å². The Balaban J connectivity index is 1.31. The fourth-order valence-corrected chi connectivity index (χ4v) is 6.18. The molecule has 2 aliphatic heterocycles. The Kier molecular flexibility index (Phi) is 9.03. The Hall–Kier alpha value is -3.30. The van der Waals surface area contributed by atoms with E-state index in [-0.39, 0.29) is 12.4 Å². The number of halogens is 2. The van der Waals surface area contributed by atoms with Crippen molar-refractivity contribution in [2.75, 3.05) is 11.5 Å². The van der Waals surface area contributed by atoms with Crippen LogP contribution in [0, 0.1) is 0 Å². The molecule has 48 heavy (non-hydrogen) atoms. The van der Waals surface area contributed by atoms with Crippen LogP contribution in [0.5, 0.6) is 5.75 Å². The van der Waals surface area contributed by atoms with Crippen molar-refractivity contribution < 1.29 is 38.3 Å². The third-order valence-electron chi connectivity index (χ3n) is 7.51. The number of aromatic nitrogens is 4. The summed E-state index contributed by atoms with van der Waals surface area (Å²) in [6.07, 6.45) is -0.293. The van der Waals surface area contributed by atoms with Crippen molar-refractivity contribution in [3.8, 4) is 5.75 Å². The number of hydrogen-bond donors (Lipinski definition) is 1. The SMILES string of the molecule is CC(C)(C)OC(=O)N(c1ncnc2c1ccn2[C@@H]1O[C@H](COc2ccc3cc(Cl)cnc3c2Cl)[C@H]2OC(C)(C)O[C@H]21)C(O)OC(C)(C)C. The molecule has 0 radical (unpaired) electrons. The molecular weight excluding hydrogens is 665 g/mol. The largest absolute Gasteiger partial charge is 0.489 e. The summed E-state index contributed by atoms with van der Waals surface area (Å²) < 4.78 is 38.5. The number of rotatable bonds is 7. The maximum atomic E-state index is 13.5. The zero-order valence-electron chi connectivity index (χ0n) is 27.9. The first-order valence-electron chi connectivity index (χ1n) is 15.5. The second-order valence-electron chi connectivity index (χ2n) is 14.1. The molecule has 0 spiro atoms. The lowest BCUT2D eigenvalue weighted by molar-refractivity contribution is -0.198. The molecule has 15 heteroatoms. The van der Waals surface area contributed by atoms with Gasteiger partial charge in [0.2, 0.25) is 6.41 Å². The minimum atomic E-state index is -1.71. The standard InChI is InChI=1S/C33H39Cl2N5O8/c1-31(2,3)47-29(41)40(30(42)48-32(4,5)6)27-19-11-12-39(26(19)37-16-38-27)28-25-24(45-33(7,8)46-25)21(44-28)15-43-20-10-9-17-13-18(34)14-36-23(17)22(20)35/h9-14,16,21,24-25,28-29,41H,15H2,1-8H3/t21-,24-,25-,28-,29?/m1/s1. The number of pyridine rings is 1. The van der Waals surface area contributed by atoms with E-state index in [1.165, 1.54) is 12.5 Å². The molecule has 1 unspecified atom stereocenters. The molecular formula is C33H39Cl2N5O8. The number of ether oxygens (including phenoxy) is 6. The lowest BCUT2D eigenvalue weighted by Crippen LogP contribution is -2.48. The van der Waals surface area contributed by atoms with Crippen molar-refractivity contribution in [2.24, 2.45) is 0 Å². The monoisotopic (exact) mass is 703 g/mol. The zero-order valence-corrected chi connectivity index (χ0v) is 29.4. The number of carbonyl (C=O) groups excluding carboxylic acids is 1. The van der Waals surface area contributed by atoms with Gasteiger partial charge in [-0.1, -0.05) is 23.2 Å². The van der Waals surface area contributed by atoms with Gasteiger partial charge >= 0.3 is 6.09 Å². The summed E-state index contributed by atoms with van der Waals surface area (Å²) in [6.45, 7) is 14.2. The predicted molar refractivity (Wildman–Crippen MR) is 178 cm³/mol. The van der Waals surface area contributed by atoms with E-state index < -0.39 is 54.0 Å². The fraction of sp³-hybridized carbons (Fsp3) is 0.515. The fourth-order valence-electron chi connectivity index (χ4n) is 5.74. The van der Waals surface area contributed by atoms with Gasteiger partial charge in [-0.15, -0.1) is 0 Å². The molecule has 0 bridgehead atoms. The molecule has 258 valence electrons. The van der Waals surface area contributed by atoms with Crippen LogP contribution in [0.3, 0.4) is 0 Å².